The molecule has 0 spiro atoms. The quantitative estimate of drug-likeness (QED) is 0.349. The molecule has 0 fully saturated rings. The van der Waals surface area contributed by atoms with Crippen LogP contribution in [0.15, 0.2) is 0 Å². The van der Waals surface area contributed by atoms with Crippen molar-refractivity contribution < 1.29 is 5.48 Å². The van der Waals surface area contributed by atoms with Crippen molar-refractivity contribution in [2.75, 3.05) is 0 Å². The van der Waals surface area contributed by atoms with Crippen molar-refractivity contribution in [3.63, 3.8) is 0 Å². The van der Waals surface area contributed by atoms with Crippen molar-refractivity contribution >= 4 is 86.6 Å². The summed E-state index contributed by atoms with van der Waals surface area (Å²) in [6.45, 7) is 0. The second kappa shape index (κ2) is 17.2. The predicted octanol–water partition coefficient (Wildman–Crippen LogP) is -3.04. The molecule has 4 heavy (non-hydrogen) atoms. The van der Waals surface area contributed by atoms with Crippen LogP contribution < -0.4 is 0 Å². The van der Waals surface area contributed by atoms with Crippen LogP contribution in [0, 0.1) is 0 Å². The summed E-state index contributed by atoms with van der Waals surface area (Å²) in [4.78, 5) is 0. The third-order valence-corrected chi connectivity index (χ3v) is 0. The molecule has 0 aliphatic carbocycles. The van der Waals surface area contributed by atoms with Crippen LogP contribution in [0.3, 0.4) is 0 Å². The molecule has 0 aliphatic rings. The number of rotatable bonds is 0. The first-order valence-corrected chi connectivity index (χ1v) is 0. The molecule has 2 N–H and O–H groups in total. The van der Waals surface area contributed by atoms with E-state index in [0.29, 0.717) is 0 Å². The molecule has 4 heteroatoms. The van der Waals surface area contributed by atoms with E-state index in [2.05, 4.69) is 0 Å². The van der Waals surface area contributed by atoms with Gasteiger partial charge in [-0.15, -0.1) is 0 Å². The molecule has 0 amide bonds. The van der Waals surface area contributed by atoms with E-state index in [1.54, 1.807) is 0 Å². The zero-order chi connectivity index (χ0) is 0. The van der Waals surface area contributed by atoms with Crippen LogP contribution in [0.4, 0.5) is 0 Å². The van der Waals surface area contributed by atoms with Gasteiger partial charge in [-0.2, -0.15) is 0 Å². The van der Waals surface area contributed by atoms with Crippen LogP contribution in [0.1, 0.15) is 0 Å². The fraction of sp³-hybridized carbons (Fsp3) is 0. The number of hydrogen-bond donors (Lipinski definition) is 0. The van der Waals surface area contributed by atoms with Crippen LogP contribution in [0.25, 0.3) is 0 Å². The molecular formula is H6BaLi2O. The van der Waals surface area contributed by atoms with Gasteiger partial charge in [-0.25, -0.2) is 0 Å². The summed E-state index contributed by atoms with van der Waals surface area (Å²) < 4.78 is 0. The third-order valence-electron chi connectivity index (χ3n) is 0. The maximum atomic E-state index is 0. The average Bonchev–Trinajstić information content (AvgIpc) is 0. The molecule has 0 atom stereocenters. The molecule has 0 aliphatic heterocycles. The zero-order valence-corrected chi connectivity index (χ0v) is 0.500. The maximum absolute atomic E-state index is 0. The van der Waals surface area contributed by atoms with Gasteiger partial charge in [-0.05, 0) is 0 Å². The summed E-state index contributed by atoms with van der Waals surface area (Å²) in [5, 5.41) is 0. The normalized spacial score (nSPS) is 0. The molecule has 0 aromatic heterocycles. The molecule has 0 radical (unpaired) electrons. The van der Waals surface area contributed by atoms with Crippen LogP contribution in [-0.2, 0) is 0 Å². The Balaban J connectivity index is 0. The molecule has 1 nitrogen and oxygen atoms in total. The van der Waals surface area contributed by atoms with Crippen LogP contribution in [0.5, 0.6) is 0 Å². The number of hydrogen-bond acceptors (Lipinski definition) is 0. The Morgan fingerprint density at radius 2 is 0.750 bits per heavy atom. The molecule has 0 unspecified atom stereocenters. The summed E-state index contributed by atoms with van der Waals surface area (Å²) in [5.74, 6) is 0. The van der Waals surface area contributed by atoms with Crippen molar-refractivity contribution in [3.8, 4) is 0 Å². The van der Waals surface area contributed by atoms with Gasteiger partial charge < -0.3 is 5.48 Å². The van der Waals surface area contributed by atoms with Gasteiger partial charge in [0.2, 0.25) is 0 Å². The third kappa shape index (κ3) is 8.83. The van der Waals surface area contributed by atoms with Crippen molar-refractivity contribution in [2.45, 2.75) is 0 Å². The Morgan fingerprint density at radius 3 is 0.750 bits per heavy atom. The van der Waals surface area contributed by atoms with Crippen LogP contribution in [0.2, 0.25) is 0 Å². The van der Waals surface area contributed by atoms with Crippen molar-refractivity contribution in [1.82, 2.24) is 0 Å². The Bertz CT molecular complexity index is 6.00. The fourth-order valence-corrected chi connectivity index (χ4v) is 0. The van der Waals surface area contributed by atoms with Crippen molar-refractivity contribution in [2.24, 2.45) is 0 Å². The summed E-state index contributed by atoms with van der Waals surface area (Å²) in [6, 6.07) is 0. The van der Waals surface area contributed by atoms with Crippen molar-refractivity contribution in [3.05, 3.63) is 0 Å². The fourth-order valence-electron chi connectivity index (χ4n) is 0. The minimum absolute atomic E-state index is 0. The average molecular weight is 173 g/mol. The van der Waals surface area contributed by atoms with Gasteiger partial charge >= 0.3 is 86.6 Å². The second-order valence-corrected chi connectivity index (χ2v) is 0. The van der Waals surface area contributed by atoms with Gasteiger partial charge in [0.25, 0.3) is 0 Å². The monoisotopic (exact) mass is 174 g/mol. The predicted molar refractivity (Wildman–Crippen MR) is 26.5 cm³/mol. The first-order valence-electron chi connectivity index (χ1n) is 0. The Hall–Kier alpha value is 2.73. The van der Waals surface area contributed by atoms with E-state index >= 15 is 0 Å². The molecule has 0 aromatic carbocycles. The van der Waals surface area contributed by atoms with Gasteiger partial charge in [0.05, 0.1) is 0 Å². The Labute approximate surface area is 90.0 Å². The second-order valence-electron chi connectivity index (χ2n) is 0. The molecule has 0 saturated carbocycles. The van der Waals surface area contributed by atoms with Gasteiger partial charge in [0.1, 0.15) is 0 Å². The first kappa shape index (κ1) is 29.7. The van der Waals surface area contributed by atoms with Crippen LogP contribution in [-0.4, -0.2) is 92.1 Å². The molecule has 0 rings (SSSR count). The zero-order valence-electron chi connectivity index (χ0n) is 0.500. The molecule has 0 saturated heterocycles. The van der Waals surface area contributed by atoms with Gasteiger partial charge in [-0.1, -0.05) is 0 Å². The van der Waals surface area contributed by atoms with E-state index in [-0.39, 0.29) is 92.1 Å². The standard InChI is InChI=1S/Ba.2Li.H2O.4H/h;;;1H2;;;;. The van der Waals surface area contributed by atoms with E-state index in [1.807, 2.05) is 0 Å². The minimum atomic E-state index is 0. The summed E-state index contributed by atoms with van der Waals surface area (Å²) in [5.41, 5.74) is 0. The summed E-state index contributed by atoms with van der Waals surface area (Å²) in [7, 11) is 0. The topological polar surface area (TPSA) is 31.5 Å². The molecule has 0 heterocycles. The Kier molecular flexibility index (Phi) is 128. The van der Waals surface area contributed by atoms with Crippen LogP contribution >= 0.6 is 0 Å². The van der Waals surface area contributed by atoms with E-state index in [9.17, 15) is 0 Å². The SMILES string of the molecule is O.[BaH2].[LiH].[LiH]. The Morgan fingerprint density at radius 1 is 0.750 bits per heavy atom. The molecular weight excluding hydrogens is 167 g/mol. The molecule has 0 bridgehead atoms. The van der Waals surface area contributed by atoms with E-state index in [1.165, 1.54) is 0 Å². The van der Waals surface area contributed by atoms with Crippen molar-refractivity contribution in [1.29, 1.82) is 0 Å². The van der Waals surface area contributed by atoms with E-state index < -0.39 is 0 Å². The molecule has 16 valence electrons. The van der Waals surface area contributed by atoms with Gasteiger partial charge in [-0.3, -0.25) is 0 Å². The summed E-state index contributed by atoms with van der Waals surface area (Å²) >= 11 is 0. The molecule has 0 aromatic rings. The van der Waals surface area contributed by atoms with E-state index in [4.69, 9.17) is 0 Å². The first-order chi connectivity index (χ1) is 0. The summed E-state index contributed by atoms with van der Waals surface area (Å²) in [6.07, 6.45) is 0. The van der Waals surface area contributed by atoms with Gasteiger partial charge in [0, 0.05) is 0 Å². The van der Waals surface area contributed by atoms with Gasteiger partial charge in [0.15, 0.2) is 0 Å². The van der Waals surface area contributed by atoms with E-state index in [0.717, 1.165) is 0 Å².